The number of hydrogen-bond donors (Lipinski definition) is 1. The van der Waals surface area contributed by atoms with Crippen LogP contribution in [0.4, 0.5) is 0 Å². The standard InChI is InChI=1S/C12H22BrNO2S/c13-12(11-6-7-11)8-14-17(15,16)9-10-4-2-1-3-5-10/h10-12,14H,1-9H2. The van der Waals surface area contributed by atoms with Crippen LogP contribution in [-0.4, -0.2) is 25.5 Å². The summed E-state index contributed by atoms with van der Waals surface area (Å²) in [6, 6.07) is 0. The van der Waals surface area contributed by atoms with Gasteiger partial charge >= 0.3 is 0 Å². The van der Waals surface area contributed by atoms with Crippen molar-refractivity contribution in [3.8, 4) is 0 Å². The molecule has 2 aliphatic rings. The van der Waals surface area contributed by atoms with Gasteiger partial charge in [0.15, 0.2) is 0 Å². The highest BCUT2D eigenvalue weighted by atomic mass is 79.9. The minimum absolute atomic E-state index is 0.323. The van der Waals surface area contributed by atoms with Crippen molar-refractivity contribution >= 4 is 26.0 Å². The van der Waals surface area contributed by atoms with Crippen LogP contribution in [-0.2, 0) is 10.0 Å². The lowest BCUT2D eigenvalue weighted by Gasteiger charge is -2.21. The van der Waals surface area contributed by atoms with Gasteiger partial charge in [0.2, 0.25) is 10.0 Å². The Morgan fingerprint density at radius 1 is 1.12 bits per heavy atom. The second-order valence-electron chi connectivity index (χ2n) is 5.49. The van der Waals surface area contributed by atoms with E-state index in [1.54, 1.807) is 0 Å². The molecule has 5 heteroatoms. The summed E-state index contributed by atoms with van der Waals surface area (Å²) in [5.74, 6) is 1.40. The normalized spacial score (nSPS) is 24.8. The predicted octanol–water partition coefficient (Wildman–Crippen LogP) is 2.66. The second kappa shape index (κ2) is 6.02. The zero-order chi connectivity index (χ0) is 12.3. The van der Waals surface area contributed by atoms with E-state index in [0.29, 0.717) is 29.0 Å². The smallest absolute Gasteiger partial charge is 0.211 e. The van der Waals surface area contributed by atoms with Gasteiger partial charge in [0, 0.05) is 11.4 Å². The summed E-state index contributed by atoms with van der Waals surface area (Å²) in [5, 5.41) is 0. The van der Waals surface area contributed by atoms with Crippen molar-refractivity contribution in [3.63, 3.8) is 0 Å². The van der Waals surface area contributed by atoms with Crippen LogP contribution < -0.4 is 4.72 Å². The molecule has 17 heavy (non-hydrogen) atoms. The van der Waals surface area contributed by atoms with E-state index in [1.807, 2.05) is 0 Å². The number of rotatable bonds is 6. The third-order valence-corrected chi connectivity index (χ3v) is 6.40. The van der Waals surface area contributed by atoms with Gasteiger partial charge in [0.1, 0.15) is 0 Å². The van der Waals surface area contributed by atoms with Gasteiger partial charge in [-0.1, -0.05) is 35.2 Å². The van der Waals surface area contributed by atoms with Crippen molar-refractivity contribution in [3.05, 3.63) is 0 Å². The van der Waals surface area contributed by atoms with E-state index in [-0.39, 0.29) is 0 Å². The first-order valence-electron chi connectivity index (χ1n) is 6.68. The average molecular weight is 324 g/mol. The first kappa shape index (κ1) is 13.8. The van der Waals surface area contributed by atoms with E-state index < -0.39 is 10.0 Å². The molecule has 0 spiro atoms. The summed E-state index contributed by atoms with van der Waals surface area (Å²) in [4.78, 5) is 0.323. The quantitative estimate of drug-likeness (QED) is 0.764. The van der Waals surface area contributed by atoms with Gasteiger partial charge in [-0.3, -0.25) is 0 Å². The Labute approximate surface area is 113 Å². The Bertz CT molecular complexity index is 334. The lowest BCUT2D eigenvalue weighted by molar-refractivity contribution is 0.384. The molecule has 0 saturated heterocycles. The molecule has 0 heterocycles. The summed E-state index contributed by atoms with van der Waals surface area (Å²) < 4.78 is 26.6. The molecule has 0 amide bonds. The summed E-state index contributed by atoms with van der Waals surface area (Å²) in [6.07, 6.45) is 8.31. The summed E-state index contributed by atoms with van der Waals surface area (Å²) in [7, 11) is -3.06. The largest absolute Gasteiger partial charge is 0.214 e. The van der Waals surface area contributed by atoms with E-state index in [0.717, 1.165) is 12.8 Å². The predicted molar refractivity (Wildman–Crippen MR) is 73.8 cm³/mol. The molecule has 1 atom stereocenters. The van der Waals surface area contributed by atoms with E-state index >= 15 is 0 Å². The molecule has 2 rings (SSSR count). The van der Waals surface area contributed by atoms with Crippen LogP contribution in [0.1, 0.15) is 44.9 Å². The van der Waals surface area contributed by atoms with Gasteiger partial charge in [-0.15, -0.1) is 0 Å². The maximum Gasteiger partial charge on any atom is 0.211 e. The number of halogens is 1. The van der Waals surface area contributed by atoms with Crippen molar-refractivity contribution < 1.29 is 8.42 Å². The lowest BCUT2D eigenvalue weighted by Crippen LogP contribution is -2.34. The van der Waals surface area contributed by atoms with Gasteiger partial charge in [-0.25, -0.2) is 13.1 Å². The summed E-state index contributed by atoms with van der Waals surface area (Å²) >= 11 is 3.56. The average Bonchev–Trinajstić information content (AvgIpc) is 3.10. The molecule has 0 radical (unpaired) electrons. The van der Waals surface area contributed by atoms with E-state index in [4.69, 9.17) is 0 Å². The number of hydrogen-bond acceptors (Lipinski definition) is 2. The van der Waals surface area contributed by atoms with Crippen LogP contribution >= 0.6 is 15.9 Å². The second-order valence-corrected chi connectivity index (χ2v) is 8.51. The van der Waals surface area contributed by atoms with Crippen LogP contribution in [0, 0.1) is 11.8 Å². The highest BCUT2D eigenvalue weighted by Crippen LogP contribution is 2.36. The number of alkyl halides is 1. The highest BCUT2D eigenvalue weighted by Gasteiger charge is 2.30. The van der Waals surface area contributed by atoms with E-state index in [1.165, 1.54) is 32.1 Å². The van der Waals surface area contributed by atoms with E-state index in [2.05, 4.69) is 20.7 Å². The topological polar surface area (TPSA) is 46.2 Å². The fourth-order valence-electron chi connectivity index (χ4n) is 2.55. The molecule has 0 aromatic carbocycles. The van der Waals surface area contributed by atoms with Crippen molar-refractivity contribution in [2.24, 2.45) is 11.8 Å². The van der Waals surface area contributed by atoms with Gasteiger partial charge in [0.05, 0.1) is 5.75 Å². The molecule has 0 bridgehead atoms. The van der Waals surface area contributed by atoms with Crippen LogP contribution in [0.3, 0.4) is 0 Å². The molecule has 2 fully saturated rings. The van der Waals surface area contributed by atoms with Gasteiger partial charge in [0.25, 0.3) is 0 Å². The van der Waals surface area contributed by atoms with Crippen LogP contribution in [0.25, 0.3) is 0 Å². The maximum absolute atomic E-state index is 11.9. The summed E-state index contributed by atoms with van der Waals surface area (Å²) in [6.45, 7) is 0.555. The zero-order valence-electron chi connectivity index (χ0n) is 10.2. The lowest BCUT2D eigenvalue weighted by atomic mass is 9.91. The highest BCUT2D eigenvalue weighted by molar-refractivity contribution is 9.09. The Morgan fingerprint density at radius 2 is 1.76 bits per heavy atom. The Kier molecular flexibility index (Phi) is 4.89. The Hall–Kier alpha value is 0.390. The van der Waals surface area contributed by atoms with Gasteiger partial charge < -0.3 is 0 Å². The van der Waals surface area contributed by atoms with Crippen LogP contribution in [0.15, 0.2) is 0 Å². The summed E-state index contributed by atoms with van der Waals surface area (Å²) in [5.41, 5.74) is 0. The van der Waals surface area contributed by atoms with Crippen molar-refractivity contribution in [1.82, 2.24) is 4.72 Å². The van der Waals surface area contributed by atoms with Crippen LogP contribution in [0.5, 0.6) is 0 Å². The minimum Gasteiger partial charge on any atom is -0.214 e. The van der Waals surface area contributed by atoms with Crippen molar-refractivity contribution in [2.45, 2.75) is 49.8 Å². The van der Waals surface area contributed by atoms with Gasteiger partial charge in [-0.05, 0) is 37.5 Å². The molecule has 1 N–H and O–H groups in total. The molecular formula is C12H22BrNO2S. The Balaban J connectivity index is 1.73. The molecule has 1 unspecified atom stereocenters. The molecule has 3 nitrogen and oxygen atoms in total. The third-order valence-electron chi connectivity index (χ3n) is 3.81. The zero-order valence-corrected chi connectivity index (χ0v) is 12.6. The minimum atomic E-state index is -3.06. The van der Waals surface area contributed by atoms with Crippen molar-refractivity contribution in [2.75, 3.05) is 12.3 Å². The first-order valence-corrected chi connectivity index (χ1v) is 9.25. The first-order chi connectivity index (χ1) is 8.07. The van der Waals surface area contributed by atoms with E-state index in [9.17, 15) is 8.42 Å². The molecule has 2 saturated carbocycles. The molecular weight excluding hydrogens is 302 g/mol. The molecule has 2 aliphatic carbocycles. The molecule has 100 valence electrons. The monoisotopic (exact) mass is 323 g/mol. The number of sulfonamides is 1. The molecule has 0 aromatic heterocycles. The Morgan fingerprint density at radius 3 is 2.35 bits per heavy atom. The fraction of sp³-hybridized carbons (Fsp3) is 1.00. The third kappa shape index (κ3) is 4.87. The van der Waals surface area contributed by atoms with Gasteiger partial charge in [-0.2, -0.15) is 0 Å². The SMILES string of the molecule is O=S(=O)(CC1CCCCC1)NCC(Br)C1CC1. The van der Waals surface area contributed by atoms with Crippen molar-refractivity contribution in [1.29, 1.82) is 0 Å². The fourth-order valence-corrected chi connectivity index (χ4v) is 4.96. The number of nitrogens with one attached hydrogen (secondary N) is 1. The maximum atomic E-state index is 11.9. The van der Waals surface area contributed by atoms with Crippen LogP contribution in [0.2, 0.25) is 0 Å². The molecule has 0 aromatic rings. The molecule has 0 aliphatic heterocycles.